The van der Waals surface area contributed by atoms with Crippen LogP contribution in [0.5, 0.6) is 0 Å². The highest BCUT2D eigenvalue weighted by atomic mass is 35.5. The lowest BCUT2D eigenvalue weighted by Gasteiger charge is -2.19. The minimum absolute atomic E-state index is 0.0824. The molecule has 0 aliphatic heterocycles. The quantitative estimate of drug-likeness (QED) is 0.871. The Labute approximate surface area is 124 Å². The zero-order valence-electron chi connectivity index (χ0n) is 12.5. The van der Waals surface area contributed by atoms with Crippen molar-refractivity contribution in [2.75, 3.05) is 0 Å². The van der Waals surface area contributed by atoms with Gasteiger partial charge in [0.2, 0.25) is 0 Å². The first-order chi connectivity index (χ1) is 9.29. The van der Waals surface area contributed by atoms with Gasteiger partial charge < -0.3 is 0 Å². The molecule has 20 heavy (non-hydrogen) atoms. The second-order valence-electron chi connectivity index (χ2n) is 6.91. The average Bonchev–Trinajstić information content (AvgIpc) is 2.80. The highest BCUT2D eigenvalue weighted by molar-refractivity contribution is 6.30. The molecule has 2 rings (SSSR count). The minimum Gasteiger partial charge on any atom is -0.297 e. The van der Waals surface area contributed by atoms with Crippen LogP contribution >= 0.6 is 11.6 Å². The average molecular weight is 299 g/mol. The van der Waals surface area contributed by atoms with Crippen molar-refractivity contribution in [1.29, 1.82) is 0 Å². The molecule has 1 heterocycles. The smallest absolute Gasteiger partial charge is 0.297 e. The number of nitrogens with one attached hydrogen (secondary N) is 1. The summed E-state index contributed by atoms with van der Waals surface area (Å²) in [6, 6.07) is 0. The monoisotopic (exact) mass is 298 g/mol. The van der Waals surface area contributed by atoms with Gasteiger partial charge in [-0.15, -0.1) is 0 Å². The van der Waals surface area contributed by atoms with Crippen LogP contribution in [0.3, 0.4) is 0 Å². The number of nitrogens with zero attached hydrogens (tertiary/aromatic N) is 1. The predicted octanol–water partition coefficient (Wildman–Crippen LogP) is 3.28. The van der Waals surface area contributed by atoms with Crippen LogP contribution in [0, 0.1) is 5.41 Å². The highest BCUT2D eigenvalue weighted by Gasteiger charge is 2.25. The third kappa shape index (κ3) is 3.35. The Kier molecular flexibility index (Phi) is 4.43. The van der Waals surface area contributed by atoms with Crippen LogP contribution in [0.25, 0.3) is 0 Å². The van der Waals surface area contributed by atoms with Gasteiger partial charge in [-0.05, 0) is 30.6 Å². The Morgan fingerprint density at radius 3 is 2.40 bits per heavy atom. The van der Waals surface area contributed by atoms with Crippen molar-refractivity contribution >= 4 is 11.6 Å². The summed E-state index contributed by atoms with van der Waals surface area (Å²) in [6.07, 6.45) is 5.01. The molecule has 0 bridgehead atoms. The largest absolute Gasteiger partial charge is 0.329 e. The molecular weight excluding hydrogens is 276 g/mol. The van der Waals surface area contributed by atoms with E-state index >= 15 is 0 Å². The summed E-state index contributed by atoms with van der Waals surface area (Å²) in [4.78, 5) is 27.2. The van der Waals surface area contributed by atoms with Gasteiger partial charge in [-0.25, -0.2) is 4.79 Å². The van der Waals surface area contributed by atoms with Gasteiger partial charge in [0.05, 0.1) is 5.56 Å². The summed E-state index contributed by atoms with van der Waals surface area (Å²) in [7, 11) is 0. The molecule has 0 aromatic carbocycles. The molecule has 1 aliphatic rings. The van der Waals surface area contributed by atoms with Crippen molar-refractivity contribution in [3.63, 3.8) is 0 Å². The molecule has 1 fully saturated rings. The molecule has 4 nitrogen and oxygen atoms in total. The van der Waals surface area contributed by atoms with Gasteiger partial charge >= 0.3 is 5.69 Å². The first kappa shape index (κ1) is 15.4. The van der Waals surface area contributed by atoms with Crippen molar-refractivity contribution in [1.82, 2.24) is 9.55 Å². The number of aromatic nitrogens is 2. The van der Waals surface area contributed by atoms with Crippen molar-refractivity contribution < 1.29 is 0 Å². The maximum atomic E-state index is 12.6. The van der Waals surface area contributed by atoms with Gasteiger partial charge in [0.25, 0.3) is 5.56 Å². The molecule has 1 N–H and O–H groups in total. The summed E-state index contributed by atoms with van der Waals surface area (Å²) in [5.74, 6) is 0.202. The van der Waals surface area contributed by atoms with Crippen LogP contribution in [0.2, 0.25) is 5.15 Å². The Morgan fingerprint density at radius 2 is 1.85 bits per heavy atom. The van der Waals surface area contributed by atoms with E-state index in [-0.39, 0.29) is 22.0 Å². The van der Waals surface area contributed by atoms with Crippen molar-refractivity contribution in [3.8, 4) is 0 Å². The second-order valence-corrected chi connectivity index (χ2v) is 7.28. The van der Waals surface area contributed by atoms with Gasteiger partial charge in [0.15, 0.2) is 0 Å². The number of halogens is 1. The van der Waals surface area contributed by atoms with E-state index in [4.69, 9.17) is 11.6 Å². The maximum Gasteiger partial charge on any atom is 0.329 e. The molecule has 1 aromatic heterocycles. The van der Waals surface area contributed by atoms with E-state index in [0.717, 1.165) is 32.1 Å². The van der Waals surface area contributed by atoms with Gasteiger partial charge in [0.1, 0.15) is 5.15 Å². The van der Waals surface area contributed by atoms with Gasteiger partial charge in [-0.2, -0.15) is 0 Å². The third-order valence-electron chi connectivity index (χ3n) is 4.02. The molecule has 0 atom stereocenters. The molecule has 0 radical (unpaired) electrons. The molecular formula is C15H23ClN2O2. The van der Waals surface area contributed by atoms with Crippen LogP contribution < -0.4 is 11.2 Å². The normalized spacial score (nSPS) is 16.8. The highest BCUT2D eigenvalue weighted by Crippen LogP contribution is 2.34. The SMILES string of the molecule is CC(C)(C)CCn1c(=O)[nH]c(Cl)c(C2CCCC2)c1=O. The van der Waals surface area contributed by atoms with Crippen molar-refractivity contribution in [3.05, 3.63) is 31.6 Å². The van der Waals surface area contributed by atoms with Crippen LogP contribution in [-0.4, -0.2) is 9.55 Å². The first-order valence-corrected chi connectivity index (χ1v) is 7.70. The number of rotatable bonds is 3. The lowest BCUT2D eigenvalue weighted by molar-refractivity contribution is 0.343. The first-order valence-electron chi connectivity index (χ1n) is 7.32. The second kappa shape index (κ2) is 5.76. The minimum atomic E-state index is -0.397. The van der Waals surface area contributed by atoms with E-state index in [0.29, 0.717) is 12.1 Å². The zero-order valence-corrected chi connectivity index (χ0v) is 13.2. The molecule has 1 aromatic rings. The summed E-state index contributed by atoms with van der Waals surface area (Å²) < 4.78 is 1.31. The van der Waals surface area contributed by atoms with E-state index in [1.165, 1.54) is 4.57 Å². The Balaban J connectivity index is 2.39. The van der Waals surface area contributed by atoms with E-state index in [2.05, 4.69) is 25.8 Å². The van der Waals surface area contributed by atoms with Gasteiger partial charge in [-0.3, -0.25) is 14.3 Å². The van der Waals surface area contributed by atoms with Crippen molar-refractivity contribution in [2.45, 2.75) is 65.3 Å². The fraction of sp³-hybridized carbons (Fsp3) is 0.733. The summed E-state index contributed by atoms with van der Waals surface area (Å²) in [5.41, 5.74) is 0.0949. The van der Waals surface area contributed by atoms with E-state index < -0.39 is 5.69 Å². The van der Waals surface area contributed by atoms with Crippen LogP contribution in [0.15, 0.2) is 9.59 Å². The fourth-order valence-electron chi connectivity index (χ4n) is 2.78. The van der Waals surface area contributed by atoms with Gasteiger partial charge in [-0.1, -0.05) is 45.2 Å². The van der Waals surface area contributed by atoms with E-state index in [1.54, 1.807) is 0 Å². The van der Waals surface area contributed by atoms with Crippen LogP contribution in [-0.2, 0) is 6.54 Å². The zero-order chi connectivity index (χ0) is 14.9. The predicted molar refractivity (Wildman–Crippen MR) is 81.6 cm³/mol. The number of H-pyrrole nitrogens is 1. The molecule has 0 unspecified atom stereocenters. The number of hydrogen-bond donors (Lipinski definition) is 1. The summed E-state index contributed by atoms with van der Waals surface area (Å²) >= 11 is 6.11. The molecule has 0 amide bonds. The number of hydrogen-bond acceptors (Lipinski definition) is 2. The van der Waals surface area contributed by atoms with Crippen LogP contribution in [0.4, 0.5) is 0 Å². The molecule has 0 saturated heterocycles. The lowest BCUT2D eigenvalue weighted by Crippen LogP contribution is -2.38. The van der Waals surface area contributed by atoms with E-state index in [9.17, 15) is 9.59 Å². The molecule has 1 saturated carbocycles. The Bertz CT molecular complexity index is 589. The van der Waals surface area contributed by atoms with E-state index in [1.807, 2.05) is 0 Å². The topological polar surface area (TPSA) is 54.9 Å². The van der Waals surface area contributed by atoms with Crippen molar-refractivity contribution in [2.24, 2.45) is 5.41 Å². The Morgan fingerprint density at radius 1 is 1.25 bits per heavy atom. The number of aromatic amines is 1. The summed E-state index contributed by atoms with van der Waals surface area (Å²) in [6.45, 7) is 6.73. The molecule has 0 spiro atoms. The molecule has 5 heteroatoms. The maximum absolute atomic E-state index is 12.6. The fourth-order valence-corrected chi connectivity index (χ4v) is 3.09. The standard InChI is InChI=1S/C15H23ClN2O2/c1-15(2,3)8-9-18-13(19)11(10-6-4-5-7-10)12(16)17-14(18)20/h10H,4-9H2,1-3H3,(H,17,20). The Hall–Kier alpha value is -1.03. The van der Waals surface area contributed by atoms with Gasteiger partial charge in [0, 0.05) is 6.54 Å². The third-order valence-corrected chi connectivity index (χ3v) is 4.32. The lowest BCUT2D eigenvalue weighted by atomic mass is 9.92. The molecule has 1 aliphatic carbocycles. The molecule has 112 valence electrons. The summed E-state index contributed by atoms with van der Waals surface area (Å²) in [5, 5.41) is 0.235. The van der Waals surface area contributed by atoms with Crippen LogP contribution in [0.1, 0.15) is 64.4 Å².